The number of nitrogens with one attached hydrogen (secondary N) is 2. The minimum Gasteiger partial charge on any atom is -0.465 e. The van der Waals surface area contributed by atoms with E-state index in [1.807, 2.05) is 24.3 Å². The zero-order valence-electron chi connectivity index (χ0n) is 22.3. The first-order chi connectivity index (χ1) is 19.2. The van der Waals surface area contributed by atoms with E-state index in [0.29, 0.717) is 24.8 Å². The Balaban J connectivity index is 1.31. The predicted octanol–water partition coefficient (Wildman–Crippen LogP) is 2.41. The van der Waals surface area contributed by atoms with Crippen molar-refractivity contribution >= 4 is 23.6 Å². The number of ether oxygens (including phenoxy) is 1. The van der Waals surface area contributed by atoms with Crippen LogP contribution in [0.1, 0.15) is 30.4 Å². The summed E-state index contributed by atoms with van der Waals surface area (Å²) in [7, 11) is 1.79. The minimum atomic E-state index is -1.14. The number of carbonyl (C=O) groups excluding carboxylic acids is 2. The van der Waals surface area contributed by atoms with Crippen LogP contribution in [0.3, 0.4) is 0 Å². The maximum absolute atomic E-state index is 15.3. The number of carbonyl (C=O) groups is 3. The molecule has 1 spiro atoms. The zero-order valence-corrected chi connectivity index (χ0v) is 22.3. The highest BCUT2D eigenvalue weighted by atomic mass is 19.1. The van der Waals surface area contributed by atoms with Crippen molar-refractivity contribution in [1.29, 1.82) is 5.26 Å². The van der Waals surface area contributed by atoms with E-state index in [2.05, 4.69) is 10.6 Å². The van der Waals surface area contributed by atoms with Gasteiger partial charge in [-0.2, -0.15) is 5.26 Å². The van der Waals surface area contributed by atoms with Crippen molar-refractivity contribution in [3.63, 3.8) is 0 Å². The Labute approximate surface area is 231 Å². The van der Waals surface area contributed by atoms with E-state index >= 15 is 4.39 Å². The molecule has 10 nitrogen and oxygen atoms in total. The van der Waals surface area contributed by atoms with Crippen molar-refractivity contribution in [1.82, 2.24) is 15.5 Å². The SMILES string of the molecule is CN1C(=O)C2(CCNCC2)c2cc(-c3ccc(C[C@@H](C#N)NC(=O)[C@@H]4CN(C(=O)O)CCCO4)c(F)c3)ccc21. The second-order valence-corrected chi connectivity index (χ2v) is 10.6. The Hall–Kier alpha value is -4.01. The third-order valence-electron chi connectivity index (χ3n) is 8.17. The number of likely N-dealkylation sites (N-methyl/N-ethyl adjacent to an activating group) is 1. The molecular weight excluding hydrogens is 517 g/mol. The number of fused-ring (bicyclic) bond motifs is 2. The van der Waals surface area contributed by atoms with Crippen molar-refractivity contribution < 1.29 is 28.6 Å². The molecule has 0 aliphatic carbocycles. The highest BCUT2D eigenvalue weighted by molar-refractivity contribution is 6.08. The summed E-state index contributed by atoms with van der Waals surface area (Å²) < 4.78 is 20.8. The molecule has 40 heavy (non-hydrogen) atoms. The molecular formula is C29H32FN5O5. The van der Waals surface area contributed by atoms with Crippen LogP contribution in [-0.2, 0) is 26.2 Å². The number of piperidine rings is 1. The molecule has 3 N–H and O–H groups in total. The Kier molecular flexibility index (Phi) is 7.74. The monoisotopic (exact) mass is 549 g/mol. The molecule has 2 saturated heterocycles. The Morgan fingerprint density at radius 1 is 1.25 bits per heavy atom. The summed E-state index contributed by atoms with van der Waals surface area (Å²) in [6, 6.07) is 11.5. The number of hydrogen-bond donors (Lipinski definition) is 3. The van der Waals surface area contributed by atoms with Gasteiger partial charge in [0.1, 0.15) is 11.9 Å². The van der Waals surface area contributed by atoms with Crippen molar-refractivity contribution in [2.24, 2.45) is 0 Å². The fraction of sp³-hybridized carbons (Fsp3) is 0.448. The molecule has 3 amide bonds. The molecule has 0 bridgehead atoms. The van der Waals surface area contributed by atoms with Crippen LogP contribution in [0.2, 0.25) is 0 Å². The molecule has 11 heteroatoms. The van der Waals surface area contributed by atoms with Crippen LogP contribution in [0.15, 0.2) is 36.4 Å². The van der Waals surface area contributed by atoms with E-state index in [9.17, 15) is 24.8 Å². The topological polar surface area (TPSA) is 135 Å². The van der Waals surface area contributed by atoms with Crippen LogP contribution in [-0.4, -0.2) is 79.9 Å². The van der Waals surface area contributed by atoms with Crippen LogP contribution in [0, 0.1) is 17.1 Å². The Morgan fingerprint density at radius 3 is 2.67 bits per heavy atom. The second-order valence-electron chi connectivity index (χ2n) is 10.6. The van der Waals surface area contributed by atoms with E-state index in [0.717, 1.165) is 34.8 Å². The van der Waals surface area contributed by atoms with E-state index in [4.69, 9.17) is 4.74 Å². The van der Waals surface area contributed by atoms with Crippen molar-refractivity contribution in [3.05, 3.63) is 53.3 Å². The van der Waals surface area contributed by atoms with Gasteiger partial charge in [-0.15, -0.1) is 0 Å². The number of carboxylic acid groups (broad SMARTS) is 1. The Bertz CT molecular complexity index is 1370. The molecule has 0 radical (unpaired) electrons. The second kappa shape index (κ2) is 11.2. The highest BCUT2D eigenvalue weighted by Gasteiger charge is 2.50. The lowest BCUT2D eigenvalue weighted by Crippen LogP contribution is -2.47. The number of rotatable bonds is 5. The summed E-state index contributed by atoms with van der Waals surface area (Å²) in [5, 5.41) is 24.8. The number of hydrogen-bond acceptors (Lipinski definition) is 6. The molecule has 3 heterocycles. The first-order valence-electron chi connectivity index (χ1n) is 13.4. The molecule has 2 atom stereocenters. The molecule has 2 aromatic carbocycles. The number of halogens is 1. The number of nitrogens with zero attached hydrogens (tertiary/aromatic N) is 3. The van der Waals surface area contributed by atoms with E-state index in [1.165, 1.54) is 6.07 Å². The van der Waals surface area contributed by atoms with Crippen LogP contribution in [0.5, 0.6) is 0 Å². The number of nitriles is 1. The first-order valence-corrected chi connectivity index (χ1v) is 13.4. The van der Waals surface area contributed by atoms with Gasteiger partial charge in [-0.3, -0.25) is 9.59 Å². The molecule has 210 valence electrons. The number of benzene rings is 2. The molecule has 3 aliphatic rings. The quantitative estimate of drug-likeness (QED) is 0.521. The van der Waals surface area contributed by atoms with Crippen molar-refractivity contribution in [3.8, 4) is 17.2 Å². The molecule has 0 unspecified atom stereocenters. The Morgan fingerprint density at radius 2 is 1.98 bits per heavy atom. The molecule has 0 saturated carbocycles. The zero-order chi connectivity index (χ0) is 28.4. The van der Waals surface area contributed by atoms with E-state index < -0.39 is 35.4 Å². The minimum absolute atomic E-state index is 0.0662. The lowest BCUT2D eigenvalue weighted by Gasteiger charge is -2.32. The summed E-state index contributed by atoms with van der Waals surface area (Å²) in [6.07, 6.45) is -0.373. The van der Waals surface area contributed by atoms with Gasteiger partial charge >= 0.3 is 6.09 Å². The first kappa shape index (κ1) is 27.6. The van der Waals surface area contributed by atoms with E-state index in [1.54, 1.807) is 24.1 Å². The van der Waals surface area contributed by atoms with Gasteiger partial charge in [-0.05, 0) is 72.8 Å². The highest BCUT2D eigenvalue weighted by Crippen LogP contribution is 2.47. The molecule has 3 aliphatic heterocycles. The van der Waals surface area contributed by atoms with Gasteiger partial charge in [-0.25, -0.2) is 9.18 Å². The summed E-state index contributed by atoms with van der Waals surface area (Å²) in [6.45, 7) is 1.86. The van der Waals surface area contributed by atoms with Gasteiger partial charge < -0.3 is 30.3 Å². The summed E-state index contributed by atoms with van der Waals surface area (Å²) in [4.78, 5) is 40.1. The lowest BCUT2D eigenvalue weighted by atomic mass is 9.73. The van der Waals surface area contributed by atoms with Crippen molar-refractivity contribution in [2.45, 2.75) is 43.2 Å². The van der Waals surface area contributed by atoms with Crippen LogP contribution >= 0.6 is 0 Å². The van der Waals surface area contributed by atoms with Gasteiger partial charge in [0, 0.05) is 32.3 Å². The van der Waals surface area contributed by atoms with E-state index in [-0.39, 0.29) is 37.6 Å². The lowest BCUT2D eigenvalue weighted by molar-refractivity contribution is -0.133. The van der Waals surface area contributed by atoms with Gasteiger partial charge in [0.2, 0.25) is 5.91 Å². The molecule has 2 fully saturated rings. The van der Waals surface area contributed by atoms with Crippen molar-refractivity contribution in [2.75, 3.05) is 44.7 Å². The van der Waals surface area contributed by atoms with Crippen LogP contribution in [0.4, 0.5) is 14.9 Å². The molecule has 2 aromatic rings. The summed E-state index contributed by atoms with van der Waals surface area (Å²) in [5.41, 5.74) is 2.99. The number of anilines is 1. The average Bonchev–Trinajstić information content (AvgIpc) is 3.14. The fourth-order valence-electron chi connectivity index (χ4n) is 5.94. The van der Waals surface area contributed by atoms with Crippen LogP contribution in [0.25, 0.3) is 11.1 Å². The smallest absolute Gasteiger partial charge is 0.407 e. The average molecular weight is 550 g/mol. The third kappa shape index (κ3) is 5.12. The van der Waals surface area contributed by atoms with Gasteiger partial charge in [-0.1, -0.05) is 18.2 Å². The normalized spacial score (nSPS) is 20.9. The summed E-state index contributed by atoms with van der Waals surface area (Å²) in [5.74, 6) is -1.03. The standard InChI is InChI=1S/C29H32FN5O5/c1-34-24-6-5-18(14-22(24)29(27(34)37)7-9-32-10-8-29)19-3-4-20(23(30)15-19)13-21(16-31)33-26(36)25-17-35(28(38)39)11-2-12-40-25/h3-6,14-15,21,25,32H,2,7-13,17H2,1H3,(H,33,36)(H,38,39)/t21-,25-/m0/s1. The predicted molar refractivity (Wildman–Crippen MR) is 144 cm³/mol. The third-order valence-corrected chi connectivity index (χ3v) is 8.17. The number of amides is 3. The van der Waals surface area contributed by atoms with Gasteiger partial charge in [0.15, 0.2) is 6.10 Å². The fourth-order valence-corrected chi connectivity index (χ4v) is 5.94. The van der Waals surface area contributed by atoms with Crippen LogP contribution < -0.4 is 15.5 Å². The molecule has 5 rings (SSSR count). The maximum atomic E-state index is 15.3. The molecule has 0 aromatic heterocycles. The summed E-state index contributed by atoms with van der Waals surface area (Å²) >= 11 is 0. The van der Waals surface area contributed by atoms with Gasteiger partial charge in [0.05, 0.1) is 18.0 Å². The largest absolute Gasteiger partial charge is 0.465 e. The van der Waals surface area contributed by atoms with Gasteiger partial charge in [0.25, 0.3) is 5.91 Å². The maximum Gasteiger partial charge on any atom is 0.407 e.